The fourth-order valence-corrected chi connectivity index (χ4v) is 6.02. The molecule has 1 atom stereocenters. The maximum Gasteiger partial charge on any atom is 0.236 e. The smallest absolute Gasteiger partial charge is 0.236 e. The Kier molecular flexibility index (Phi) is 5.62. The van der Waals surface area contributed by atoms with Crippen LogP contribution >= 0.6 is 11.3 Å². The number of nitrogens with zero attached hydrogens (tertiary/aromatic N) is 8. The van der Waals surface area contributed by atoms with Gasteiger partial charge in [-0.15, -0.1) is 16.4 Å². The second kappa shape index (κ2) is 8.92. The molecule has 0 spiro atoms. The lowest BCUT2D eigenvalue weighted by Gasteiger charge is -2.36. The molecule has 2 saturated heterocycles. The first kappa shape index (κ1) is 21.4. The van der Waals surface area contributed by atoms with E-state index in [0.717, 1.165) is 79.2 Å². The van der Waals surface area contributed by atoms with E-state index in [4.69, 9.17) is 0 Å². The van der Waals surface area contributed by atoms with E-state index in [-0.39, 0.29) is 11.9 Å². The molecule has 9 nitrogen and oxygen atoms in total. The third-order valence-corrected chi connectivity index (χ3v) is 8.16. The van der Waals surface area contributed by atoms with E-state index in [2.05, 4.69) is 49.1 Å². The number of fused-ring (bicyclic) bond motifs is 2. The van der Waals surface area contributed by atoms with Gasteiger partial charge in [-0.1, -0.05) is 24.3 Å². The summed E-state index contributed by atoms with van der Waals surface area (Å²) in [5, 5.41) is 9.79. The van der Waals surface area contributed by atoms with Gasteiger partial charge in [0.1, 0.15) is 22.5 Å². The highest BCUT2D eigenvalue weighted by molar-refractivity contribution is 7.18. The number of rotatable bonds is 5. The largest absolute Gasteiger partial charge is 0.352 e. The summed E-state index contributed by atoms with van der Waals surface area (Å²) in [4.78, 5) is 31.0. The van der Waals surface area contributed by atoms with E-state index in [0.29, 0.717) is 6.54 Å². The normalized spacial score (nSPS) is 19.5. The van der Waals surface area contributed by atoms with E-state index in [1.807, 2.05) is 27.8 Å². The van der Waals surface area contributed by atoms with Crippen molar-refractivity contribution in [2.45, 2.75) is 25.8 Å². The van der Waals surface area contributed by atoms with Crippen LogP contribution in [0, 0.1) is 0 Å². The number of aryl methyl sites for hydroxylation is 1. The quantitative estimate of drug-likeness (QED) is 0.438. The fraction of sp³-hybridized carbons (Fsp3) is 0.458. The Labute approximate surface area is 202 Å². The maximum atomic E-state index is 13.1. The van der Waals surface area contributed by atoms with Gasteiger partial charge in [0.05, 0.1) is 23.5 Å². The highest BCUT2D eigenvalue weighted by Gasteiger charge is 2.30. The van der Waals surface area contributed by atoms with Crippen molar-refractivity contribution in [1.82, 2.24) is 34.8 Å². The zero-order valence-corrected chi connectivity index (χ0v) is 20.1. The molecule has 2 aliphatic heterocycles. The van der Waals surface area contributed by atoms with Gasteiger partial charge in [0, 0.05) is 44.1 Å². The second-order valence-corrected chi connectivity index (χ2v) is 10.2. The second-order valence-electron chi connectivity index (χ2n) is 9.05. The van der Waals surface area contributed by atoms with Crippen LogP contribution in [0.15, 0.2) is 36.7 Å². The SMILES string of the molecule is CCc1cc2c(N3CCN(C(=O)CN4CCC(n5nnc6ccccc65)C4)CC3)ncnc2s1. The van der Waals surface area contributed by atoms with Crippen molar-refractivity contribution in [2.75, 3.05) is 50.7 Å². The Morgan fingerprint density at radius 3 is 2.82 bits per heavy atom. The van der Waals surface area contributed by atoms with E-state index in [9.17, 15) is 4.79 Å². The average molecular weight is 477 g/mol. The lowest BCUT2D eigenvalue weighted by Crippen LogP contribution is -2.51. The number of carbonyl (C=O) groups excluding carboxylic acids is 1. The fourth-order valence-electron chi connectivity index (χ4n) is 5.09. The number of benzene rings is 1. The number of likely N-dealkylation sites (tertiary alicyclic amines) is 1. The summed E-state index contributed by atoms with van der Waals surface area (Å²) in [6.45, 7) is 7.40. The summed E-state index contributed by atoms with van der Waals surface area (Å²) in [6.07, 6.45) is 3.65. The molecule has 2 fully saturated rings. The van der Waals surface area contributed by atoms with Gasteiger partial charge in [0.25, 0.3) is 0 Å². The van der Waals surface area contributed by atoms with Crippen molar-refractivity contribution in [3.63, 3.8) is 0 Å². The van der Waals surface area contributed by atoms with Crippen LogP contribution in [-0.2, 0) is 11.2 Å². The molecule has 0 saturated carbocycles. The molecule has 0 N–H and O–H groups in total. The number of amides is 1. The first-order valence-electron chi connectivity index (χ1n) is 12.0. The van der Waals surface area contributed by atoms with Crippen LogP contribution in [0.4, 0.5) is 5.82 Å². The van der Waals surface area contributed by atoms with E-state index in [1.54, 1.807) is 17.7 Å². The van der Waals surface area contributed by atoms with E-state index >= 15 is 0 Å². The highest BCUT2D eigenvalue weighted by Crippen LogP contribution is 2.31. The van der Waals surface area contributed by atoms with Crippen LogP contribution in [-0.4, -0.2) is 86.5 Å². The number of carbonyl (C=O) groups is 1. The Balaban J connectivity index is 1.06. The van der Waals surface area contributed by atoms with Gasteiger partial charge in [-0.05, 0) is 31.0 Å². The van der Waals surface area contributed by atoms with Gasteiger partial charge in [-0.3, -0.25) is 9.69 Å². The molecular weight excluding hydrogens is 448 g/mol. The standard InChI is InChI=1S/C24H28N8OS/c1-2-18-13-19-23(25-16-26-24(19)34-18)31-11-9-30(10-12-31)22(33)15-29-8-7-17(14-29)32-21-6-4-3-5-20(21)27-28-32/h3-6,13,16-17H,2,7-12,14-15H2,1H3. The molecule has 6 rings (SSSR count). The Bertz CT molecular complexity index is 1330. The van der Waals surface area contributed by atoms with Crippen molar-refractivity contribution in [3.8, 4) is 0 Å². The van der Waals surface area contributed by atoms with Gasteiger partial charge in [0.2, 0.25) is 5.91 Å². The number of hydrogen-bond acceptors (Lipinski definition) is 8. The molecular formula is C24H28N8OS. The third kappa shape index (κ3) is 3.90. The van der Waals surface area contributed by atoms with Crippen molar-refractivity contribution >= 4 is 44.3 Å². The van der Waals surface area contributed by atoms with E-state index in [1.165, 1.54) is 4.88 Å². The monoisotopic (exact) mass is 476 g/mol. The first-order chi connectivity index (χ1) is 16.7. The lowest BCUT2D eigenvalue weighted by molar-refractivity contribution is -0.132. The number of para-hydroxylation sites is 1. The molecule has 0 aliphatic carbocycles. The molecule has 4 aromatic rings. The van der Waals surface area contributed by atoms with Crippen molar-refractivity contribution in [2.24, 2.45) is 0 Å². The molecule has 10 heteroatoms. The number of hydrogen-bond donors (Lipinski definition) is 0. The molecule has 1 unspecified atom stereocenters. The summed E-state index contributed by atoms with van der Waals surface area (Å²) in [5.41, 5.74) is 1.98. The van der Waals surface area contributed by atoms with Gasteiger partial charge in [-0.25, -0.2) is 14.6 Å². The maximum absolute atomic E-state index is 13.1. The lowest BCUT2D eigenvalue weighted by atomic mass is 10.2. The summed E-state index contributed by atoms with van der Waals surface area (Å²) in [7, 11) is 0. The summed E-state index contributed by atoms with van der Waals surface area (Å²) >= 11 is 1.74. The number of anilines is 1. The molecule has 34 heavy (non-hydrogen) atoms. The molecule has 1 amide bonds. The molecule has 2 aliphatic rings. The summed E-state index contributed by atoms with van der Waals surface area (Å²) < 4.78 is 2.02. The van der Waals surface area contributed by atoms with Crippen molar-refractivity contribution in [3.05, 3.63) is 41.5 Å². The van der Waals surface area contributed by atoms with Crippen molar-refractivity contribution in [1.29, 1.82) is 0 Å². The van der Waals surface area contributed by atoms with Gasteiger partial charge >= 0.3 is 0 Å². The van der Waals surface area contributed by atoms with Crippen LogP contribution < -0.4 is 4.90 Å². The average Bonchev–Trinajstić information content (AvgIpc) is 3.61. The van der Waals surface area contributed by atoms with Crippen LogP contribution in [0.25, 0.3) is 21.3 Å². The summed E-state index contributed by atoms with van der Waals surface area (Å²) in [5.74, 6) is 1.20. The van der Waals surface area contributed by atoms with Crippen LogP contribution in [0.1, 0.15) is 24.3 Å². The van der Waals surface area contributed by atoms with Crippen molar-refractivity contribution < 1.29 is 4.79 Å². The first-order valence-corrected chi connectivity index (χ1v) is 12.8. The minimum Gasteiger partial charge on any atom is -0.352 e. The number of piperazine rings is 1. The minimum absolute atomic E-state index is 0.209. The zero-order chi connectivity index (χ0) is 23.1. The molecule has 5 heterocycles. The van der Waals surface area contributed by atoms with Gasteiger partial charge in [-0.2, -0.15) is 0 Å². The zero-order valence-electron chi connectivity index (χ0n) is 19.3. The Morgan fingerprint density at radius 1 is 1.12 bits per heavy atom. The number of thiophene rings is 1. The highest BCUT2D eigenvalue weighted by atomic mass is 32.1. The van der Waals surface area contributed by atoms with Gasteiger partial charge in [0.15, 0.2) is 0 Å². The predicted molar refractivity (Wildman–Crippen MR) is 133 cm³/mol. The molecule has 0 radical (unpaired) electrons. The van der Waals surface area contributed by atoms with Crippen LogP contribution in [0.3, 0.4) is 0 Å². The topological polar surface area (TPSA) is 83.3 Å². The predicted octanol–water partition coefficient (Wildman–Crippen LogP) is 2.59. The molecule has 1 aromatic carbocycles. The minimum atomic E-state index is 0.209. The molecule has 176 valence electrons. The van der Waals surface area contributed by atoms with Gasteiger partial charge < -0.3 is 9.80 Å². The molecule has 0 bridgehead atoms. The van der Waals surface area contributed by atoms with E-state index < -0.39 is 0 Å². The Hall–Kier alpha value is -3.11. The Morgan fingerprint density at radius 2 is 1.97 bits per heavy atom. The molecule has 3 aromatic heterocycles. The summed E-state index contributed by atoms with van der Waals surface area (Å²) in [6, 6.07) is 10.5. The third-order valence-electron chi connectivity index (χ3n) is 6.97. The van der Waals surface area contributed by atoms with Crippen LogP contribution in [0.2, 0.25) is 0 Å². The number of aromatic nitrogens is 5. The van der Waals surface area contributed by atoms with Crippen LogP contribution in [0.5, 0.6) is 0 Å².